The SMILES string of the molecule is C=C(c1ccn(C)c(=O)c1/C=C\C)[C@H](Nc1cc(Cl)c2ncc(C#N)c(NCC(C)(C)C)c2c1)C1=CN(C2CCC2)NN1. The van der Waals surface area contributed by atoms with Gasteiger partial charge in [0.15, 0.2) is 0 Å². The predicted octanol–water partition coefficient (Wildman–Crippen LogP) is 6.16. The molecule has 0 radical (unpaired) electrons. The van der Waals surface area contributed by atoms with E-state index in [-0.39, 0.29) is 11.0 Å². The van der Waals surface area contributed by atoms with Gasteiger partial charge in [-0.25, -0.2) is 0 Å². The molecule has 0 amide bonds. The molecule has 1 aliphatic heterocycles. The van der Waals surface area contributed by atoms with E-state index >= 15 is 0 Å². The molecule has 3 heterocycles. The molecule has 5 rings (SSSR count). The highest BCUT2D eigenvalue weighted by atomic mass is 35.5. The van der Waals surface area contributed by atoms with Gasteiger partial charge in [-0.05, 0) is 60.9 Å². The van der Waals surface area contributed by atoms with Crippen molar-refractivity contribution in [3.05, 3.63) is 87.2 Å². The lowest BCUT2D eigenvalue weighted by atomic mass is 9.92. The molecule has 2 aromatic heterocycles. The highest BCUT2D eigenvalue weighted by molar-refractivity contribution is 6.35. The van der Waals surface area contributed by atoms with E-state index in [1.807, 2.05) is 37.3 Å². The Labute approximate surface area is 257 Å². The number of halogens is 1. The maximum Gasteiger partial charge on any atom is 0.258 e. The molecule has 0 bridgehead atoms. The summed E-state index contributed by atoms with van der Waals surface area (Å²) in [7, 11) is 1.74. The minimum Gasteiger partial charge on any atom is -0.383 e. The smallest absolute Gasteiger partial charge is 0.258 e. The molecule has 0 unspecified atom stereocenters. The lowest BCUT2D eigenvalue weighted by molar-refractivity contribution is 0.128. The molecule has 3 aromatic rings. The van der Waals surface area contributed by atoms with Crippen LogP contribution in [0.5, 0.6) is 0 Å². The standard InChI is InChI=1S/C33H39ClN8O/c1-7-9-25-24(12-13-41(6)32(25)43)20(2)29(28-18-42(40-39-28)23-10-8-11-23)38-22-14-26-30(37-19-33(3,4)5)21(16-35)17-36-31(26)27(34)15-22/h7,9,12-15,17-18,23,29,38-40H,2,8,10-11,19H2,1,3-6H3,(H,36,37)/b9-7-/t29-/m0/s1. The van der Waals surface area contributed by atoms with E-state index in [0.717, 1.165) is 35.2 Å². The van der Waals surface area contributed by atoms with Crippen LogP contribution >= 0.6 is 11.6 Å². The van der Waals surface area contributed by atoms with E-state index in [1.165, 1.54) is 6.42 Å². The molecule has 1 saturated carbocycles. The Hall–Kier alpha value is -4.26. The van der Waals surface area contributed by atoms with Crippen LogP contribution in [0.3, 0.4) is 0 Å². The Morgan fingerprint density at radius 1 is 1.35 bits per heavy atom. The number of nitrogens with zero attached hydrogens (tertiary/aromatic N) is 4. The van der Waals surface area contributed by atoms with Crippen LogP contribution in [0.2, 0.25) is 5.02 Å². The number of anilines is 2. The van der Waals surface area contributed by atoms with Crippen molar-refractivity contribution in [1.82, 2.24) is 25.5 Å². The summed E-state index contributed by atoms with van der Waals surface area (Å²) in [5, 5.41) is 20.3. The van der Waals surface area contributed by atoms with Crippen molar-refractivity contribution in [1.29, 1.82) is 5.26 Å². The van der Waals surface area contributed by atoms with Gasteiger partial charge in [-0.15, -0.1) is 5.53 Å². The summed E-state index contributed by atoms with van der Waals surface area (Å²) < 4.78 is 1.57. The molecule has 2 aliphatic rings. The largest absolute Gasteiger partial charge is 0.383 e. The summed E-state index contributed by atoms with van der Waals surface area (Å²) in [6.45, 7) is 13.4. The molecule has 43 heavy (non-hydrogen) atoms. The van der Waals surface area contributed by atoms with Gasteiger partial charge in [-0.2, -0.15) is 5.26 Å². The van der Waals surface area contributed by atoms with E-state index < -0.39 is 6.04 Å². The fraction of sp³-hybridized carbons (Fsp3) is 0.364. The van der Waals surface area contributed by atoms with Gasteiger partial charge in [0.25, 0.3) is 5.56 Å². The number of hydrogen-bond donors (Lipinski definition) is 4. The van der Waals surface area contributed by atoms with Crippen LogP contribution in [-0.4, -0.2) is 33.2 Å². The molecule has 9 nitrogen and oxygen atoms in total. The third-order valence-electron chi connectivity index (χ3n) is 7.87. The average Bonchev–Trinajstić information content (AvgIpc) is 3.40. The third kappa shape index (κ3) is 6.26. The Balaban J connectivity index is 1.60. The number of nitrogens with one attached hydrogen (secondary N) is 4. The number of rotatable bonds is 9. The first-order chi connectivity index (χ1) is 20.5. The third-order valence-corrected chi connectivity index (χ3v) is 8.16. The van der Waals surface area contributed by atoms with E-state index in [0.29, 0.717) is 45.5 Å². The zero-order valence-corrected chi connectivity index (χ0v) is 26.1. The van der Waals surface area contributed by atoms with Crippen molar-refractivity contribution >= 4 is 45.5 Å². The van der Waals surface area contributed by atoms with Crippen LogP contribution in [-0.2, 0) is 7.05 Å². The Morgan fingerprint density at radius 2 is 2.12 bits per heavy atom. The molecular formula is C33H39ClN8O. The maximum atomic E-state index is 13.1. The van der Waals surface area contributed by atoms with Crippen LogP contribution in [0.15, 0.2) is 59.9 Å². The summed E-state index contributed by atoms with van der Waals surface area (Å²) in [6.07, 6.45) is 12.5. The Morgan fingerprint density at radius 3 is 2.77 bits per heavy atom. The minimum absolute atomic E-state index is 0.0118. The number of fused-ring (bicyclic) bond motifs is 1. The van der Waals surface area contributed by atoms with E-state index in [2.05, 4.69) is 71.2 Å². The number of pyridine rings is 2. The van der Waals surface area contributed by atoms with Gasteiger partial charge in [0, 0.05) is 54.9 Å². The van der Waals surface area contributed by atoms with E-state index in [9.17, 15) is 10.1 Å². The topological polar surface area (TPSA) is 110 Å². The first-order valence-electron chi connectivity index (χ1n) is 14.6. The van der Waals surface area contributed by atoms with Crippen LogP contribution in [0.25, 0.3) is 22.6 Å². The summed E-state index contributed by atoms with van der Waals surface area (Å²) >= 11 is 6.82. The minimum atomic E-state index is -0.444. The van der Waals surface area contributed by atoms with Crippen molar-refractivity contribution < 1.29 is 0 Å². The Kier molecular flexibility index (Phi) is 8.54. The van der Waals surface area contributed by atoms with Gasteiger partial charge in [-0.1, -0.05) is 51.1 Å². The molecule has 1 aromatic carbocycles. The van der Waals surface area contributed by atoms with Crippen molar-refractivity contribution in [2.24, 2.45) is 12.5 Å². The predicted molar refractivity (Wildman–Crippen MR) is 176 cm³/mol. The first kappa shape index (κ1) is 30.2. The quantitative estimate of drug-likeness (QED) is 0.232. The second-order valence-electron chi connectivity index (χ2n) is 12.4. The van der Waals surface area contributed by atoms with Gasteiger partial charge in [0.05, 0.1) is 33.5 Å². The normalized spacial score (nSPS) is 16.0. The summed E-state index contributed by atoms with van der Waals surface area (Å²) in [5.41, 5.74) is 11.9. The summed E-state index contributed by atoms with van der Waals surface area (Å²) in [4.78, 5) is 17.6. The summed E-state index contributed by atoms with van der Waals surface area (Å²) in [6, 6.07) is 7.96. The van der Waals surface area contributed by atoms with Gasteiger partial charge >= 0.3 is 0 Å². The van der Waals surface area contributed by atoms with Gasteiger partial charge < -0.3 is 20.6 Å². The number of hydrazine groups is 2. The van der Waals surface area contributed by atoms with Crippen molar-refractivity contribution in [3.63, 3.8) is 0 Å². The average molecular weight is 599 g/mol. The maximum absolute atomic E-state index is 13.1. The highest BCUT2D eigenvalue weighted by Gasteiger charge is 2.31. The molecule has 224 valence electrons. The Bertz CT molecular complexity index is 1720. The number of allylic oxidation sites excluding steroid dienone is 1. The number of nitriles is 1. The fourth-order valence-corrected chi connectivity index (χ4v) is 5.52. The molecule has 0 spiro atoms. The molecule has 1 atom stereocenters. The lowest BCUT2D eigenvalue weighted by Crippen LogP contribution is -2.46. The van der Waals surface area contributed by atoms with Crippen molar-refractivity contribution in [3.8, 4) is 6.07 Å². The highest BCUT2D eigenvalue weighted by Crippen LogP contribution is 2.36. The number of aromatic nitrogens is 2. The van der Waals surface area contributed by atoms with Crippen LogP contribution in [0.1, 0.15) is 63.6 Å². The lowest BCUT2D eigenvalue weighted by Gasteiger charge is -2.33. The van der Waals surface area contributed by atoms with Crippen LogP contribution < -0.4 is 27.2 Å². The second-order valence-corrected chi connectivity index (χ2v) is 12.8. The van der Waals surface area contributed by atoms with Crippen molar-refractivity contribution in [2.45, 2.75) is 59.0 Å². The number of benzene rings is 1. The molecule has 1 aliphatic carbocycles. The molecule has 10 heteroatoms. The van der Waals surface area contributed by atoms with Gasteiger partial charge in [0.2, 0.25) is 0 Å². The van der Waals surface area contributed by atoms with Crippen LogP contribution in [0, 0.1) is 16.7 Å². The molecular weight excluding hydrogens is 560 g/mol. The zero-order valence-electron chi connectivity index (χ0n) is 25.4. The summed E-state index contributed by atoms with van der Waals surface area (Å²) in [5.74, 6) is 0. The van der Waals surface area contributed by atoms with Gasteiger partial charge in [0.1, 0.15) is 6.07 Å². The first-order valence-corrected chi connectivity index (χ1v) is 14.9. The van der Waals surface area contributed by atoms with Gasteiger partial charge in [-0.3, -0.25) is 14.8 Å². The fourth-order valence-electron chi connectivity index (χ4n) is 5.25. The molecule has 0 saturated heterocycles. The zero-order chi connectivity index (χ0) is 30.9. The van der Waals surface area contributed by atoms with E-state index in [1.54, 1.807) is 24.0 Å². The number of hydrogen-bond acceptors (Lipinski definition) is 8. The molecule has 1 fully saturated rings. The van der Waals surface area contributed by atoms with Crippen LogP contribution in [0.4, 0.5) is 11.4 Å². The van der Waals surface area contributed by atoms with Crippen molar-refractivity contribution in [2.75, 3.05) is 17.2 Å². The second kappa shape index (κ2) is 12.2. The molecule has 4 N–H and O–H groups in total. The van der Waals surface area contributed by atoms with E-state index in [4.69, 9.17) is 11.6 Å². The number of aryl methyl sites for hydroxylation is 1. The monoisotopic (exact) mass is 598 g/mol.